The Morgan fingerprint density at radius 3 is 2.71 bits per heavy atom. The van der Waals surface area contributed by atoms with E-state index in [0.717, 1.165) is 29.6 Å². The number of carbonyl (C=O) groups excluding carboxylic acids is 1. The van der Waals surface area contributed by atoms with Gasteiger partial charge in [0.25, 0.3) is 5.91 Å². The summed E-state index contributed by atoms with van der Waals surface area (Å²) in [5, 5.41) is 9.72. The van der Waals surface area contributed by atoms with Crippen LogP contribution in [0.5, 0.6) is 0 Å². The van der Waals surface area contributed by atoms with E-state index in [4.69, 9.17) is 10.2 Å². The fourth-order valence-electron chi connectivity index (χ4n) is 3.25. The average molecular weight is 452 g/mol. The number of benzene rings is 2. The van der Waals surface area contributed by atoms with E-state index in [9.17, 15) is 4.79 Å². The number of aromatic nitrogens is 3. The molecule has 0 N–H and O–H groups in total. The van der Waals surface area contributed by atoms with Gasteiger partial charge >= 0.3 is 0 Å². The maximum atomic E-state index is 13.3. The van der Waals surface area contributed by atoms with Crippen molar-refractivity contribution in [2.75, 3.05) is 11.4 Å². The molecule has 8 heteroatoms. The third-order valence-corrected chi connectivity index (χ3v) is 5.99. The fraction of sp³-hybridized carbons (Fsp3) is 0.217. The van der Waals surface area contributed by atoms with Crippen molar-refractivity contribution in [3.05, 3.63) is 77.9 Å². The monoisotopic (exact) mass is 451 g/mol. The minimum Gasteiger partial charge on any atom is -0.337 e. The topological polar surface area (TPSA) is 74.8 Å². The summed E-state index contributed by atoms with van der Waals surface area (Å²) < 4.78 is 3.08. The van der Waals surface area contributed by atoms with Crippen LogP contribution >= 0.6 is 23.7 Å². The zero-order chi connectivity index (χ0) is 20.9. The van der Waals surface area contributed by atoms with Crippen molar-refractivity contribution in [3.63, 3.8) is 0 Å². The smallest absolute Gasteiger partial charge is 0.260 e. The van der Waals surface area contributed by atoms with E-state index in [1.54, 1.807) is 41.7 Å². The number of nitrogens with zero attached hydrogens (tertiary/aromatic N) is 5. The average Bonchev–Trinajstić information content (AvgIpc) is 3.45. The van der Waals surface area contributed by atoms with Crippen LogP contribution in [-0.2, 0) is 13.0 Å². The first kappa shape index (κ1) is 22.5. The van der Waals surface area contributed by atoms with Crippen LogP contribution < -0.4 is 4.90 Å². The minimum atomic E-state index is -0.111. The summed E-state index contributed by atoms with van der Waals surface area (Å²) in [7, 11) is 0. The van der Waals surface area contributed by atoms with Gasteiger partial charge in [0.1, 0.15) is 0 Å². The highest BCUT2D eigenvalue weighted by Gasteiger charge is 2.21. The van der Waals surface area contributed by atoms with Crippen LogP contribution in [-0.4, -0.2) is 27.0 Å². The van der Waals surface area contributed by atoms with Crippen molar-refractivity contribution in [2.24, 2.45) is 0 Å². The van der Waals surface area contributed by atoms with Gasteiger partial charge in [-0.3, -0.25) is 9.69 Å². The van der Waals surface area contributed by atoms with E-state index in [2.05, 4.69) is 30.1 Å². The molecule has 0 aliphatic rings. The Hall–Kier alpha value is -3.21. The molecule has 31 heavy (non-hydrogen) atoms. The first-order chi connectivity index (χ1) is 14.7. The minimum absolute atomic E-state index is 0. The summed E-state index contributed by atoms with van der Waals surface area (Å²) in [6, 6.07) is 15.1. The van der Waals surface area contributed by atoms with E-state index in [0.29, 0.717) is 22.8 Å². The Labute approximate surface area is 191 Å². The number of hydrogen-bond donors (Lipinski definition) is 0. The van der Waals surface area contributed by atoms with Crippen LogP contribution in [0.2, 0.25) is 0 Å². The van der Waals surface area contributed by atoms with Crippen molar-refractivity contribution in [2.45, 2.75) is 26.3 Å². The van der Waals surface area contributed by atoms with E-state index >= 15 is 0 Å². The highest BCUT2D eigenvalue weighted by molar-refractivity contribution is 7.22. The molecule has 4 rings (SSSR count). The molecule has 2 aromatic carbocycles. The molecule has 1 amide bonds. The number of aryl methyl sites for hydroxylation is 2. The van der Waals surface area contributed by atoms with Crippen molar-refractivity contribution in [1.29, 1.82) is 5.26 Å². The highest BCUT2D eigenvalue weighted by atomic mass is 35.5. The van der Waals surface area contributed by atoms with Gasteiger partial charge in [-0.25, -0.2) is 9.97 Å². The lowest BCUT2D eigenvalue weighted by Gasteiger charge is -2.20. The van der Waals surface area contributed by atoms with Gasteiger partial charge in [0, 0.05) is 31.0 Å². The summed E-state index contributed by atoms with van der Waals surface area (Å²) in [4.78, 5) is 23.9. The van der Waals surface area contributed by atoms with Gasteiger partial charge in [-0.05, 0) is 54.8 Å². The molecule has 4 aromatic rings. The van der Waals surface area contributed by atoms with Crippen molar-refractivity contribution < 1.29 is 4.79 Å². The van der Waals surface area contributed by atoms with Crippen molar-refractivity contribution in [3.8, 4) is 6.07 Å². The van der Waals surface area contributed by atoms with Gasteiger partial charge in [0.15, 0.2) is 5.13 Å². The molecule has 0 aliphatic heterocycles. The second-order valence-electron chi connectivity index (χ2n) is 6.95. The van der Waals surface area contributed by atoms with Crippen molar-refractivity contribution in [1.82, 2.24) is 14.5 Å². The van der Waals surface area contributed by atoms with Crippen LogP contribution in [0.25, 0.3) is 10.2 Å². The Morgan fingerprint density at radius 1 is 1.23 bits per heavy atom. The van der Waals surface area contributed by atoms with Gasteiger partial charge in [0.2, 0.25) is 0 Å². The van der Waals surface area contributed by atoms with Gasteiger partial charge in [-0.15, -0.1) is 12.4 Å². The summed E-state index contributed by atoms with van der Waals surface area (Å²) in [6.45, 7) is 3.43. The number of nitriles is 1. The molecule has 6 nitrogen and oxygen atoms in total. The number of hydrogen-bond acceptors (Lipinski definition) is 5. The molecular weight excluding hydrogens is 430 g/mol. The van der Waals surface area contributed by atoms with E-state index < -0.39 is 0 Å². The van der Waals surface area contributed by atoms with Crippen molar-refractivity contribution >= 4 is 45.0 Å². The molecule has 0 saturated heterocycles. The van der Waals surface area contributed by atoms with Gasteiger partial charge in [0.05, 0.1) is 28.2 Å². The number of rotatable bonds is 7. The number of anilines is 1. The SMILES string of the molecule is CCc1ccc2nc(N(CCCn3ccnc3)C(=O)c3ccc(C#N)cc3)sc2c1.Cl. The van der Waals surface area contributed by atoms with E-state index in [1.165, 1.54) is 16.9 Å². The lowest BCUT2D eigenvalue weighted by atomic mass is 10.1. The van der Waals surface area contributed by atoms with Crippen LogP contribution in [0.15, 0.2) is 61.2 Å². The lowest BCUT2D eigenvalue weighted by Crippen LogP contribution is -2.32. The predicted molar refractivity (Wildman–Crippen MR) is 126 cm³/mol. The molecule has 0 aliphatic carbocycles. The number of imidazole rings is 1. The van der Waals surface area contributed by atoms with Gasteiger partial charge in [-0.2, -0.15) is 5.26 Å². The molecule has 0 fully saturated rings. The number of fused-ring (bicyclic) bond motifs is 1. The normalized spacial score (nSPS) is 10.5. The standard InChI is InChI=1S/C23H21N5OS.ClH/c1-2-17-6-9-20-21(14-17)30-23(26-20)28(12-3-11-27-13-10-25-16-27)22(29)19-7-4-18(15-24)5-8-19;/h4-10,13-14,16H,2-3,11-12H2,1H3;1H. The predicted octanol–water partition coefficient (Wildman–Crippen LogP) is 5.09. The summed E-state index contributed by atoms with van der Waals surface area (Å²) in [5.74, 6) is -0.111. The van der Waals surface area contributed by atoms with Crippen LogP contribution in [0, 0.1) is 11.3 Å². The summed E-state index contributed by atoms with van der Waals surface area (Å²) in [6.07, 6.45) is 7.17. The number of halogens is 1. The molecule has 0 radical (unpaired) electrons. The molecule has 2 aromatic heterocycles. The maximum absolute atomic E-state index is 13.3. The molecule has 158 valence electrons. The van der Waals surface area contributed by atoms with Crippen LogP contribution in [0.1, 0.15) is 34.8 Å². The second kappa shape index (κ2) is 10.2. The molecule has 0 atom stereocenters. The number of amides is 1. The van der Waals surface area contributed by atoms with Crippen LogP contribution in [0.4, 0.5) is 5.13 Å². The zero-order valence-corrected chi connectivity index (χ0v) is 18.7. The zero-order valence-electron chi connectivity index (χ0n) is 17.1. The Kier molecular flexibility index (Phi) is 7.40. The Bertz CT molecular complexity index is 1200. The van der Waals surface area contributed by atoms with E-state index in [-0.39, 0.29) is 18.3 Å². The third-order valence-electron chi connectivity index (χ3n) is 4.94. The number of carbonyl (C=O) groups is 1. The largest absolute Gasteiger partial charge is 0.337 e. The molecule has 2 heterocycles. The Morgan fingerprint density at radius 2 is 2.03 bits per heavy atom. The molecule has 0 saturated carbocycles. The molecule has 0 spiro atoms. The first-order valence-corrected chi connectivity index (χ1v) is 10.7. The second-order valence-corrected chi connectivity index (χ2v) is 7.96. The summed E-state index contributed by atoms with van der Waals surface area (Å²) in [5.41, 5.74) is 3.23. The molecular formula is C23H22ClN5OS. The molecule has 0 unspecified atom stereocenters. The first-order valence-electron chi connectivity index (χ1n) is 9.85. The Balaban J connectivity index is 0.00000272. The van der Waals surface area contributed by atoms with Gasteiger partial charge < -0.3 is 4.57 Å². The fourth-order valence-corrected chi connectivity index (χ4v) is 4.30. The van der Waals surface area contributed by atoms with Crippen LogP contribution in [0.3, 0.4) is 0 Å². The highest BCUT2D eigenvalue weighted by Crippen LogP contribution is 2.31. The maximum Gasteiger partial charge on any atom is 0.260 e. The lowest BCUT2D eigenvalue weighted by molar-refractivity contribution is 0.0986. The van der Waals surface area contributed by atoms with Gasteiger partial charge in [-0.1, -0.05) is 24.3 Å². The molecule has 0 bridgehead atoms. The van der Waals surface area contributed by atoms with E-state index in [1.807, 2.05) is 16.8 Å². The quantitative estimate of drug-likeness (QED) is 0.392. The number of thiazole rings is 1. The third kappa shape index (κ3) is 5.10. The summed E-state index contributed by atoms with van der Waals surface area (Å²) >= 11 is 1.54.